The van der Waals surface area contributed by atoms with Gasteiger partial charge in [-0.2, -0.15) is 0 Å². The van der Waals surface area contributed by atoms with Crippen molar-refractivity contribution < 1.29 is 13.9 Å². The average molecular weight is 400 g/mol. The van der Waals surface area contributed by atoms with E-state index in [4.69, 9.17) is 4.74 Å². The number of halogens is 1. The van der Waals surface area contributed by atoms with E-state index in [1.54, 1.807) is 22.9 Å². The molecule has 5 nitrogen and oxygen atoms in total. The number of hydrogen-bond donors (Lipinski definition) is 1. The number of aromatic nitrogens is 1. The Labute approximate surface area is 165 Å². The van der Waals surface area contributed by atoms with E-state index in [1.807, 2.05) is 13.0 Å². The first kappa shape index (κ1) is 18.8. The first-order valence-corrected chi connectivity index (χ1v) is 10.1. The van der Waals surface area contributed by atoms with Crippen molar-refractivity contribution in [2.75, 3.05) is 13.2 Å². The lowest BCUT2D eigenvalue weighted by Gasteiger charge is -2.11. The van der Waals surface area contributed by atoms with Crippen LogP contribution in [0.3, 0.4) is 0 Å². The molecule has 28 heavy (non-hydrogen) atoms. The van der Waals surface area contributed by atoms with E-state index in [0.29, 0.717) is 24.0 Å². The van der Waals surface area contributed by atoms with E-state index in [2.05, 4.69) is 5.32 Å². The predicted octanol–water partition coefficient (Wildman–Crippen LogP) is 3.47. The number of carbonyl (C=O) groups is 1. The van der Waals surface area contributed by atoms with E-state index in [9.17, 15) is 14.0 Å². The van der Waals surface area contributed by atoms with Crippen LogP contribution in [0.4, 0.5) is 4.39 Å². The van der Waals surface area contributed by atoms with Crippen LogP contribution in [0.1, 0.15) is 33.6 Å². The Morgan fingerprint density at radius 1 is 1.32 bits per heavy atom. The van der Waals surface area contributed by atoms with Gasteiger partial charge in [-0.1, -0.05) is 12.1 Å². The third kappa shape index (κ3) is 3.72. The molecule has 1 saturated heterocycles. The normalized spacial score (nSPS) is 16.6. The van der Waals surface area contributed by atoms with Crippen molar-refractivity contribution in [1.29, 1.82) is 0 Å². The van der Waals surface area contributed by atoms with Gasteiger partial charge < -0.3 is 14.6 Å². The Morgan fingerprint density at radius 2 is 2.11 bits per heavy atom. The van der Waals surface area contributed by atoms with Crippen molar-refractivity contribution in [3.05, 3.63) is 68.7 Å². The van der Waals surface area contributed by atoms with Crippen molar-refractivity contribution in [3.8, 4) is 0 Å². The van der Waals surface area contributed by atoms with Crippen molar-refractivity contribution in [1.82, 2.24) is 9.88 Å². The first-order valence-electron chi connectivity index (χ1n) is 9.29. The van der Waals surface area contributed by atoms with Gasteiger partial charge in [0.15, 0.2) is 0 Å². The molecule has 1 atom stereocenters. The summed E-state index contributed by atoms with van der Waals surface area (Å²) in [7, 11) is 0. The molecule has 0 saturated carbocycles. The number of thiophene rings is 1. The number of rotatable bonds is 5. The molecule has 146 valence electrons. The van der Waals surface area contributed by atoms with E-state index in [-0.39, 0.29) is 23.4 Å². The summed E-state index contributed by atoms with van der Waals surface area (Å²) >= 11 is 1.44. The zero-order valence-corrected chi connectivity index (χ0v) is 16.4. The van der Waals surface area contributed by atoms with Crippen LogP contribution in [0.5, 0.6) is 0 Å². The summed E-state index contributed by atoms with van der Waals surface area (Å²) in [6.07, 6.45) is 3.71. The van der Waals surface area contributed by atoms with Gasteiger partial charge >= 0.3 is 0 Å². The van der Waals surface area contributed by atoms with Gasteiger partial charge in [-0.25, -0.2) is 4.39 Å². The number of nitrogens with zero attached hydrogens (tertiary/aromatic N) is 1. The summed E-state index contributed by atoms with van der Waals surface area (Å²) < 4.78 is 21.0. The first-order chi connectivity index (χ1) is 13.5. The number of pyridine rings is 1. The molecule has 1 aliphatic rings. The van der Waals surface area contributed by atoms with Gasteiger partial charge in [-0.05, 0) is 43.5 Å². The molecule has 1 fully saturated rings. The van der Waals surface area contributed by atoms with Crippen LogP contribution in [0, 0.1) is 12.7 Å². The van der Waals surface area contributed by atoms with E-state index >= 15 is 0 Å². The fraction of sp³-hybridized carbons (Fsp3) is 0.333. The minimum atomic E-state index is -0.315. The van der Waals surface area contributed by atoms with Crippen molar-refractivity contribution in [2.24, 2.45) is 0 Å². The number of aryl methyl sites for hydroxylation is 1. The Balaban J connectivity index is 1.64. The molecule has 0 aliphatic carbocycles. The number of nitrogens with one attached hydrogen (secondary N) is 1. The second kappa shape index (κ2) is 7.85. The summed E-state index contributed by atoms with van der Waals surface area (Å²) in [5, 5.41) is 3.36. The molecule has 0 spiro atoms. The second-order valence-corrected chi connectivity index (χ2v) is 8.25. The quantitative estimate of drug-likeness (QED) is 0.713. The van der Waals surface area contributed by atoms with E-state index in [1.165, 1.54) is 23.5 Å². The lowest BCUT2D eigenvalue weighted by molar-refractivity contribution is 0.0859. The minimum Gasteiger partial charge on any atom is -0.376 e. The standard InChI is InChI=1S/C21H21FN2O3S/c1-13-18(20(25)23-11-16-3-2-10-27-16)19-17(28-13)8-9-24(21(19)26)12-14-4-6-15(22)7-5-14/h4-9,16H,2-3,10-12H2,1H3,(H,23,25)/t16-/m1/s1. The smallest absolute Gasteiger partial charge is 0.260 e. The van der Waals surface area contributed by atoms with E-state index < -0.39 is 0 Å². The Hall–Kier alpha value is -2.51. The molecular weight excluding hydrogens is 379 g/mol. The highest BCUT2D eigenvalue weighted by atomic mass is 32.1. The average Bonchev–Trinajstić information content (AvgIpc) is 3.31. The number of carbonyl (C=O) groups excluding carboxylic acids is 1. The number of hydrogen-bond acceptors (Lipinski definition) is 4. The van der Waals surface area contributed by atoms with Gasteiger partial charge in [-0.15, -0.1) is 11.3 Å². The zero-order valence-electron chi connectivity index (χ0n) is 15.5. The summed E-state index contributed by atoms with van der Waals surface area (Å²) in [5.74, 6) is -0.555. The van der Waals surface area contributed by atoms with Gasteiger partial charge in [0.1, 0.15) is 5.82 Å². The highest BCUT2D eigenvalue weighted by molar-refractivity contribution is 7.19. The van der Waals surface area contributed by atoms with Crippen LogP contribution < -0.4 is 10.9 Å². The molecule has 0 unspecified atom stereocenters. The molecule has 4 rings (SSSR count). The zero-order chi connectivity index (χ0) is 19.7. The van der Waals surface area contributed by atoms with Gasteiger partial charge in [0.05, 0.1) is 23.6 Å². The SMILES string of the molecule is Cc1sc2ccn(Cc3ccc(F)cc3)c(=O)c2c1C(=O)NC[C@H]1CCCO1. The number of amides is 1. The number of fused-ring (bicyclic) bond motifs is 1. The Bertz CT molecular complexity index is 1070. The molecular formula is C21H21FN2O3S. The van der Waals surface area contributed by atoms with E-state index in [0.717, 1.165) is 34.6 Å². The Kier molecular flexibility index (Phi) is 5.28. The highest BCUT2D eigenvalue weighted by Gasteiger charge is 2.22. The maximum absolute atomic E-state index is 13.1. The summed E-state index contributed by atoms with van der Waals surface area (Å²) in [6, 6.07) is 7.91. The van der Waals surface area contributed by atoms with Crippen molar-refractivity contribution >= 4 is 27.3 Å². The third-order valence-corrected chi connectivity index (χ3v) is 6.07. The molecule has 1 aromatic carbocycles. The van der Waals surface area contributed by atoms with Crippen LogP contribution in [-0.4, -0.2) is 29.7 Å². The third-order valence-electron chi connectivity index (χ3n) is 5.00. The van der Waals surface area contributed by atoms with Crippen molar-refractivity contribution in [3.63, 3.8) is 0 Å². The fourth-order valence-corrected chi connectivity index (χ4v) is 4.60. The van der Waals surface area contributed by atoms with Crippen LogP contribution >= 0.6 is 11.3 Å². The monoisotopic (exact) mass is 400 g/mol. The minimum absolute atomic E-state index is 0.0456. The van der Waals surface area contributed by atoms with Gasteiger partial charge in [0.25, 0.3) is 11.5 Å². The molecule has 3 heterocycles. The largest absolute Gasteiger partial charge is 0.376 e. The molecule has 1 N–H and O–H groups in total. The molecule has 1 amide bonds. The molecule has 1 aliphatic heterocycles. The fourth-order valence-electron chi connectivity index (χ4n) is 3.55. The number of ether oxygens (including phenoxy) is 1. The maximum Gasteiger partial charge on any atom is 0.260 e. The summed E-state index contributed by atoms with van der Waals surface area (Å²) in [4.78, 5) is 26.7. The molecule has 7 heteroatoms. The lowest BCUT2D eigenvalue weighted by atomic mass is 10.1. The van der Waals surface area contributed by atoms with Crippen LogP contribution in [0.15, 0.2) is 41.3 Å². The lowest BCUT2D eigenvalue weighted by Crippen LogP contribution is -2.32. The van der Waals surface area contributed by atoms with Gasteiger partial charge in [-0.3, -0.25) is 9.59 Å². The summed E-state index contributed by atoms with van der Waals surface area (Å²) in [6.45, 7) is 3.36. The van der Waals surface area contributed by atoms with Crippen LogP contribution in [0.25, 0.3) is 10.1 Å². The van der Waals surface area contributed by atoms with Crippen LogP contribution in [-0.2, 0) is 11.3 Å². The second-order valence-electron chi connectivity index (χ2n) is 6.99. The molecule has 0 radical (unpaired) electrons. The van der Waals surface area contributed by atoms with Gasteiger partial charge in [0, 0.05) is 28.9 Å². The highest BCUT2D eigenvalue weighted by Crippen LogP contribution is 2.28. The Morgan fingerprint density at radius 3 is 2.82 bits per heavy atom. The topological polar surface area (TPSA) is 60.3 Å². The predicted molar refractivity (Wildman–Crippen MR) is 108 cm³/mol. The molecule has 0 bridgehead atoms. The number of benzene rings is 1. The van der Waals surface area contributed by atoms with Gasteiger partial charge in [0.2, 0.25) is 0 Å². The maximum atomic E-state index is 13.1. The van der Waals surface area contributed by atoms with Crippen LogP contribution in [0.2, 0.25) is 0 Å². The molecule has 2 aromatic heterocycles. The molecule has 3 aromatic rings. The van der Waals surface area contributed by atoms with Crippen molar-refractivity contribution in [2.45, 2.75) is 32.4 Å². The summed E-state index contributed by atoms with van der Waals surface area (Å²) in [5.41, 5.74) is 1.05.